The molecule has 1 N–H and O–H groups in total. The van der Waals surface area contributed by atoms with Crippen molar-refractivity contribution in [2.75, 3.05) is 32.7 Å². The van der Waals surface area contributed by atoms with Gasteiger partial charge < -0.3 is 10.1 Å². The molecule has 24 heavy (non-hydrogen) atoms. The third kappa shape index (κ3) is 6.51. The van der Waals surface area contributed by atoms with Gasteiger partial charge in [0.05, 0.1) is 6.54 Å². The molecule has 1 saturated heterocycles. The average Bonchev–Trinajstić information content (AvgIpc) is 2.46. The average molecular weight is 347 g/mol. The highest BCUT2D eigenvalue weighted by Crippen LogP contribution is 2.24. The van der Waals surface area contributed by atoms with E-state index in [1.807, 2.05) is 25.7 Å². The van der Waals surface area contributed by atoms with Gasteiger partial charge in [-0.15, -0.1) is 0 Å². The first kappa shape index (κ1) is 19.4. The fourth-order valence-electron chi connectivity index (χ4n) is 3.57. The summed E-state index contributed by atoms with van der Waals surface area (Å²) in [6.07, 6.45) is 1.38. The van der Waals surface area contributed by atoms with Gasteiger partial charge in [0.15, 0.2) is 0 Å². The highest BCUT2D eigenvalue weighted by Gasteiger charge is 2.30. The number of carbonyl (C=O) groups is 1. The van der Waals surface area contributed by atoms with Crippen LogP contribution in [0.5, 0.6) is 0 Å². The molecule has 1 saturated carbocycles. The van der Waals surface area contributed by atoms with Crippen LogP contribution in [0.25, 0.3) is 0 Å². The number of hydrogen-bond donors (Lipinski definition) is 1. The van der Waals surface area contributed by atoms with Crippen molar-refractivity contribution in [1.29, 1.82) is 0 Å². The van der Waals surface area contributed by atoms with Crippen LogP contribution < -0.4 is 5.32 Å². The number of halogens is 2. The largest absolute Gasteiger partial charge is 0.444 e. The Morgan fingerprint density at radius 2 is 1.71 bits per heavy atom. The molecule has 0 unspecified atom stereocenters. The topological polar surface area (TPSA) is 44.8 Å². The maximum Gasteiger partial charge on any atom is 0.407 e. The summed E-state index contributed by atoms with van der Waals surface area (Å²) in [6.45, 7) is 8.63. The number of carbonyl (C=O) groups excluding carboxylic acids is 1. The minimum atomic E-state index is -2.24. The van der Waals surface area contributed by atoms with Gasteiger partial charge in [0, 0.05) is 38.3 Å². The van der Waals surface area contributed by atoms with Gasteiger partial charge in [-0.2, -0.15) is 0 Å². The third-order valence-electron chi connectivity index (χ3n) is 4.74. The molecule has 1 aliphatic heterocycles. The van der Waals surface area contributed by atoms with E-state index < -0.39 is 12.0 Å². The molecule has 140 valence electrons. The maximum absolute atomic E-state index is 12.4. The highest BCUT2D eigenvalue weighted by molar-refractivity contribution is 5.68. The number of alkyl carbamates (subject to hydrolysis) is 1. The predicted octanol–water partition coefficient (Wildman–Crippen LogP) is 2.71. The molecule has 2 aliphatic rings. The van der Waals surface area contributed by atoms with E-state index in [-0.39, 0.29) is 18.7 Å². The van der Waals surface area contributed by atoms with E-state index in [1.165, 1.54) is 0 Å². The lowest BCUT2D eigenvalue weighted by Gasteiger charge is -2.42. The van der Waals surface area contributed by atoms with Crippen molar-refractivity contribution in [3.8, 4) is 0 Å². The minimum Gasteiger partial charge on any atom is -0.444 e. The zero-order chi connectivity index (χ0) is 17.7. The molecule has 1 amide bonds. The summed E-state index contributed by atoms with van der Waals surface area (Å²) in [5.41, 5.74) is -0.473. The van der Waals surface area contributed by atoms with Crippen molar-refractivity contribution in [2.45, 2.75) is 70.6 Å². The van der Waals surface area contributed by atoms with Gasteiger partial charge in [-0.1, -0.05) is 0 Å². The zero-order valence-corrected chi connectivity index (χ0v) is 15.1. The SMILES string of the molecule is CC(C)(C)OC(=O)NC1CCC(N2CCN(CC(F)F)CC2)CC1. The summed E-state index contributed by atoms with van der Waals surface area (Å²) in [5.74, 6) is 0. The van der Waals surface area contributed by atoms with Gasteiger partial charge in [0.25, 0.3) is 6.43 Å². The van der Waals surface area contributed by atoms with E-state index >= 15 is 0 Å². The molecule has 0 spiro atoms. The molecule has 0 radical (unpaired) electrons. The standard InChI is InChI=1S/C17H31F2N3O2/c1-17(2,3)24-16(23)20-13-4-6-14(7-5-13)22-10-8-21(9-11-22)12-15(18)19/h13-15H,4-12H2,1-3H3,(H,20,23). The van der Waals surface area contributed by atoms with Crippen LogP contribution in [-0.4, -0.2) is 72.7 Å². The van der Waals surface area contributed by atoms with Crippen LogP contribution in [0.3, 0.4) is 0 Å². The van der Waals surface area contributed by atoms with Crippen molar-refractivity contribution in [3.63, 3.8) is 0 Å². The van der Waals surface area contributed by atoms with Gasteiger partial charge in [0.2, 0.25) is 0 Å². The van der Waals surface area contributed by atoms with E-state index in [9.17, 15) is 13.6 Å². The van der Waals surface area contributed by atoms with Gasteiger partial charge >= 0.3 is 6.09 Å². The summed E-state index contributed by atoms with van der Waals surface area (Å²) >= 11 is 0. The molecule has 0 aromatic carbocycles. The lowest BCUT2D eigenvalue weighted by atomic mass is 9.90. The number of piperazine rings is 1. The Balaban J connectivity index is 1.67. The molecule has 2 fully saturated rings. The monoisotopic (exact) mass is 347 g/mol. The first-order valence-corrected chi connectivity index (χ1v) is 8.97. The third-order valence-corrected chi connectivity index (χ3v) is 4.74. The molecule has 0 bridgehead atoms. The van der Waals surface area contributed by atoms with E-state index in [4.69, 9.17) is 4.74 Å². The predicted molar refractivity (Wildman–Crippen MR) is 89.4 cm³/mol. The Bertz CT molecular complexity index is 399. The number of nitrogens with one attached hydrogen (secondary N) is 1. The molecule has 1 aliphatic carbocycles. The normalized spacial score (nSPS) is 27.2. The Hall–Kier alpha value is -0.950. The number of alkyl halides is 2. The second-order valence-corrected chi connectivity index (χ2v) is 7.88. The first-order chi connectivity index (χ1) is 11.2. The Labute approximate surface area is 143 Å². The van der Waals surface area contributed by atoms with Crippen LogP contribution in [-0.2, 0) is 4.74 Å². The van der Waals surface area contributed by atoms with Crippen LogP contribution in [0.15, 0.2) is 0 Å². The fourth-order valence-corrected chi connectivity index (χ4v) is 3.57. The molecule has 0 aromatic rings. The molecular formula is C17H31F2N3O2. The second-order valence-electron chi connectivity index (χ2n) is 7.88. The van der Waals surface area contributed by atoms with Crippen LogP contribution >= 0.6 is 0 Å². The number of amides is 1. The van der Waals surface area contributed by atoms with Crippen LogP contribution in [0.2, 0.25) is 0 Å². The van der Waals surface area contributed by atoms with E-state index in [0.717, 1.165) is 51.9 Å². The zero-order valence-electron chi connectivity index (χ0n) is 15.1. The van der Waals surface area contributed by atoms with Crippen molar-refractivity contribution in [1.82, 2.24) is 15.1 Å². The van der Waals surface area contributed by atoms with Gasteiger partial charge in [-0.25, -0.2) is 13.6 Å². The molecule has 5 nitrogen and oxygen atoms in total. The lowest BCUT2D eigenvalue weighted by molar-refractivity contribution is 0.0314. The Morgan fingerprint density at radius 3 is 2.21 bits per heavy atom. The van der Waals surface area contributed by atoms with Crippen LogP contribution in [0.1, 0.15) is 46.5 Å². The summed E-state index contributed by atoms with van der Waals surface area (Å²) in [6, 6.07) is 0.687. The number of nitrogens with zero attached hydrogens (tertiary/aromatic N) is 2. The molecule has 1 heterocycles. The van der Waals surface area contributed by atoms with Gasteiger partial charge in [-0.3, -0.25) is 9.80 Å². The van der Waals surface area contributed by atoms with E-state index in [0.29, 0.717) is 6.04 Å². The number of ether oxygens (including phenoxy) is 1. The smallest absolute Gasteiger partial charge is 0.407 e. The van der Waals surface area contributed by atoms with Crippen LogP contribution in [0.4, 0.5) is 13.6 Å². The van der Waals surface area contributed by atoms with Crippen molar-refractivity contribution in [3.05, 3.63) is 0 Å². The molecule has 7 heteroatoms. The second kappa shape index (κ2) is 8.43. The molecular weight excluding hydrogens is 316 g/mol. The van der Waals surface area contributed by atoms with Crippen molar-refractivity contribution >= 4 is 6.09 Å². The quantitative estimate of drug-likeness (QED) is 0.849. The van der Waals surface area contributed by atoms with Gasteiger partial charge in [0.1, 0.15) is 5.60 Å². The summed E-state index contributed by atoms with van der Waals surface area (Å²) in [5, 5.41) is 2.96. The first-order valence-electron chi connectivity index (χ1n) is 8.97. The summed E-state index contributed by atoms with van der Waals surface area (Å²) < 4.78 is 30.1. The minimum absolute atomic E-state index is 0.111. The fraction of sp³-hybridized carbons (Fsp3) is 0.941. The number of rotatable bonds is 4. The molecule has 0 atom stereocenters. The summed E-state index contributed by atoms with van der Waals surface area (Å²) in [4.78, 5) is 16.1. The Kier molecular flexibility index (Phi) is 6.80. The van der Waals surface area contributed by atoms with E-state index in [1.54, 1.807) is 0 Å². The van der Waals surface area contributed by atoms with Gasteiger partial charge in [-0.05, 0) is 46.5 Å². The van der Waals surface area contributed by atoms with Crippen LogP contribution in [0, 0.1) is 0 Å². The molecule has 2 rings (SSSR count). The van der Waals surface area contributed by atoms with E-state index in [2.05, 4.69) is 10.2 Å². The maximum atomic E-state index is 12.4. The van der Waals surface area contributed by atoms with Crippen molar-refractivity contribution in [2.24, 2.45) is 0 Å². The highest BCUT2D eigenvalue weighted by atomic mass is 19.3. The Morgan fingerprint density at radius 1 is 1.12 bits per heavy atom. The number of hydrogen-bond acceptors (Lipinski definition) is 4. The molecule has 0 aromatic heterocycles. The lowest BCUT2D eigenvalue weighted by Crippen LogP contribution is -2.53. The van der Waals surface area contributed by atoms with Crippen molar-refractivity contribution < 1.29 is 18.3 Å². The summed E-state index contributed by atoms with van der Waals surface area (Å²) in [7, 11) is 0.